The van der Waals surface area contributed by atoms with Crippen LogP contribution in [-0.4, -0.2) is 18.2 Å². The average molecular weight is 184 g/mol. The molecule has 0 saturated heterocycles. The number of carbonyl (C=O) groups is 1. The predicted octanol–water partition coefficient (Wildman–Crippen LogP) is 1.84. The van der Waals surface area contributed by atoms with Gasteiger partial charge in [-0.15, -0.1) is 0 Å². The van der Waals surface area contributed by atoms with Gasteiger partial charge in [-0.2, -0.15) is 0 Å². The fourth-order valence-corrected chi connectivity index (χ4v) is 0.989. The smallest absolute Gasteiger partial charge is 0.335 e. The second-order valence-electron chi connectivity index (χ2n) is 2.59. The van der Waals surface area contributed by atoms with Crippen molar-refractivity contribution < 1.29 is 19.0 Å². The lowest BCUT2D eigenvalue weighted by Crippen LogP contribution is -2.00. The molecule has 0 fully saturated rings. The number of hydrogen-bond donors (Lipinski definition) is 1. The zero-order chi connectivity index (χ0) is 10.0. The van der Waals surface area contributed by atoms with Crippen molar-refractivity contribution in [2.45, 2.75) is 6.92 Å². The summed E-state index contributed by atoms with van der Waals surface area (Å²) in [6, 6.07) is 2.26. The van der Waals surface area contributed by atoms with Crippen LogP contribution in [0.4, 0.5) is 4.39 Å². The number of benzene rings is 1. The third-order valence-corrected chi connectivity index (χ3v) is 1.76. The standard InChI is InChI=1S/C9H9FO3/c1-5-7(10)3-6(9(11)12)4-8(5)13-2/h3-4H,1-2H3,(H,11,12). The van der Waals surface area contributed by atoms with Crippen LogP contribution in [0, 0.1) is 12.7 Å². The molecule has 0 radical (unpaired) electrons. The van der Waals surface area contributed by atoms with Crippen LogP contribution in [0.5, 0.6) is 5.75 Å². The molecule has 70 valence electrons. The van der Waals surface area contributed by atoms with Crippen LogP contribution in [0.2, 0.25) is 0 Å². The first-order chi connectivity index (χ1) is 6.06. The summed E-state index contributed by atoms with van der Waals surface area (Å²) in [5.41, 5.74) is 0.201. The normalized spacial score (nSPS) is 9.77. The zero-order valence-corrected chi connectivity index (χ0v) is 7.30. The van der Waals surface area contributed by atoms with E-state index in [1.807, 2.05) is 0 Å². The molecule has 0 amide bonds. The van der Waals surface area contributed by atoms with E-state index in [2.05, 4.69) is 0 Å². The van der Waals surface area contributed by atoms with Gasteiger partial charge in [-0.3, -0.25) is 0 Å². The fraction of sp³-hybridized carbons (Fsp3) is 0.222. The van der Waals surface area contributed by atoms with Gasteiger partial charge in [0.15, 0.2) is 0 Å². The molecule has 0 saturated carbocycles. The molecule has 0 aromatic heterocycles. The minimum Gasteiger partial charge on any atom is -0.496 e. The number of aromatic carboxylic acids is 1. The fourth-order valence-electron chi connectivity index (χ4n) is 0.989. The average Bonchev–Trinajstić information content (AvgIpc) is 2.09. The lowest BCUT2D eigenvalue weighted by Gasteiger charge is -2.06. The Hall–Kier alpha value is -1.58. The van der Waals surface area contributed by atoms with Crippen molar-refractivity contribution in [3.05, 3.63) is 29.1 Å². The molecule has 1 aromatic carbocycles. The molecule has 13 heavy (non-hydrogen) atoms. The second-order valence-corrected chi connectivity index (χ2v) is 2.59. The number of carboxylic acids is 1. The lowest BCUT2D eigenvalue weighted by molar-refractivity contribution is 0.0696. The highest BCUT2D eigenvalue weighted by atomic mass is 19.1. The summed E-state index contributed by atoms with van der Waals surface area (Å²) < 4.78 is 17.9. The van der Waals surface area contributed by atoms with E-state index < -0.39 is 11.8 Å². The van der Waals surface area contributed by atoms with Gasteiger partial charge in [-0.1, -0.05) is 0 Å². The monoisotopic (exact) mass is 184 g/mol. The molecule has 0 atom stereocenters. The highest BCUT2D eigenvalue weighted by molar-refractivity contribution is 5.88. The minimum atomic E-state index is -1.17. The number of carboxylic acid groups (broad SMARTS) is 1. The van der Waals surface area contributed by atoms with Crippen molar-refractivity contribution in [1.82, 2.24) is 0 Å². The molecule has 0 spiro atoms. The Bertz CT molecular complexity index is 347. The minimum absolute atomic E-state index is 0.111. The summed E-state index contributed by atoms with van der Waals surface area (Å²) in [7, 11) is 1.37. The van der Waals surface area contributed by atoms with E-state index in [0.29, 0.717) is 5.56 Å². The molecular formula is C9H9FO3. The Kier molecular flexibility index (Phi) is 2.51. The van der Waals surface area contributed by atoms with Gasteiger partial charge >= 0.3 is 5.97 Å². The summed E-state index contributed by atoms with van der Waals surface area (Å²) in [6.07, 6.45) is 0. The Morgan fingerprint density at radius 1 is 1.54 bits per heavy atom. The first kappa shape index (κ1) is 9.51. The van der Waals surface area contributed by atoms with Crippen LogP contribution >= 0.6 is 0 Å². The third kappa shape index (κ3) is 1.77. The van der Waals surface area contributed by atoms with Crippen molar-refractivity contribution in [2.24, 2.45) is 0 Å². The largest absolute Gasteiger partial charge is 0.496 e. The first-order valence-corrected chi connectivity index (χ1v) is 3.63. The maximum absolute atomic E-state index is 13.0. The molecule has 0 aliphatic heterocycles. The van der Waals surface area contributed by atoms with Crippen molar-refractivity contribution in [2.75, 3.05) is 7.11 Å². The van der Waals surface area contributed by atoms with Crippen molar-refractivity contribution in [1.29, 1.82) is 0 Å². The van der Waals surface area contributed by atoms with E-state index in [4.69, 9.17) is 9.84 Å². The van der Waals surface area contributed by atoms with Gasteiger partial charge in [0.25, 0.3) is 0 Å². The Labute approximate surface area is 74.8 Å². The molecule has 3 nitrogen and oxygen atoms in total. The van der Waals surface area contributed by atoms with E-state index in [0.717, 1.165) is 6.07 Å². The van der Waals surface area contributed by atoms with Gasteiger partial charge in [0.05, 0.1) is 12.7 Å². The van der Waals surface area contributed by atoms with Gasteiger partial charge in [-0.05, 0) is 19.1 Å². The Morgan fingerprint density at radius 2 is 2.15 bits per heavy atom. The first-order valence-electron chi connectivity index (χ1n) is 3.63. The summed E-state index contributed by atoms with van der Waals surface area (Å²) >= 11 is 0. The molecule has 0 aliphatic carbocycles. The Morgan fingerprint density at radius 3 is 2.62 bits per heavy atom. The van der Waals surface area contributed by atoms with E-state index >= 15 is 0 Å². The van der Waals surface area contributed by atoms with E-state index in [1.54, 1.807) is 0 Å². The molecule has 4 heteroatoms. The zero-order valence-electron chi connectivity index (χ0n) is 7.30. The van der Waals surface area contributed by atoms with Gasteiger partial charge < -0.3 is 9.84 Å². The van der Waals surface area contributed by atoms with E-state index in [-0.39, 0.29) is 11.3 Å². The van der Waals surface area contributed by atoms with Crippen LogP contribution < -0.4 is 4.74 Å². The summed E-state index contributed by atoms with van der Waals surface area (Å²) in [6.45, 7) is 1.53. The lowest BCUT2D eigenvalue weighted by atomic mass is 10.1. The molecule has 0 heterocycles. The number of hydrogen-bond acceptors (Lipinski definition) is 2. The summed E-state index contributed by atoms with van der Waals surface area (Å²) in [5, 5.41) is 8.60. The molecule has 0 bridgehead atoms. The third-order valence-electron chi connectivity index (χ3n) is 1.76. The molecule has 1 aromatic rings. The van der Waals surface area contributed by atoms with Gasteiger partial charge in [0, 0.05) is 5.56 Å². The predicted molar refractivity (Wildman–Crippen MR) is 44.6 cm³/mol. The molecule has 1 rings (SSSR count). The number of methoxy groups -OCH3 is 1. The van der Waals surface area contributed by atoms with Crippen molar-refractivity contribution in [3.63, 3.8) is 0 Å². The molecule has 0 unspecified atom stereocenters. The van der Waals surface area contributed by atoms with Crippen LogP contribution in [0.1, 0.15) is 15.9 Å². The van der Waals surface area contributed by atoms with Crippen LogP contribution in [0.3, 0.4) is 0 Å². The van der Waals surface area contributed by atoms with Crippen molar-refractivity contribution >= 4 is 5.97 Å². The molecule has 1 N–H and O–H groups in total. The van der Waals surface area contributed by atoms with Gasteiger partial charge in [0.1, 0.15) is 11.6 Å². The maximum Gasteiger partial charge on any atom is 0.335 e. The van der Waals surface area contributed by atoms with Gasteiger partial charge in [0.2, 0.25) is 0 Å². The number of rotatable bonds is 2. The van der Waals surface area contributed by atoms with Crippen molar-refractivity contribution in [3.8, 4) is 5.75 Å². The summed E-state index contributed by atoms with van der Waals surface area (Å²) in [4.78, 5) is 10.5. The second kappa shape index (κ2) is 3.43. The molecule has 0 aliphatic rings. The van der Waals surface area contributed by atoms with E-state index in [9.17, 15) is 9.18 Å². The molecular weight excluding hydrogens is 175 g/mol. The van der Waals surface area contributed by atoms with Crippen LogP contribution in [-0.2, 0) is 0 Å². The van der Waals surface area contributed by atoms with Gasteiger partial charge in [-0.25, -0.2) is 9.18 Å². The van der Waals surface area contributed by atoms with E-state index in [1.165, 1.54) is 20.1 Å². The number of halogens is 1. The SMILES string of the molecule is COc1cc(C(=O)O)cc(F)c1C. The highest BCUT2D eigenvalue weighted by Crippen LogP contribution is 2.22. The Balaban J connectivity index is 3.30. The summed E-state index contributed by atoms with van der Waals surface area (Å²) in [5.74, 6) is -1.49. The quantitative estimate of drug-likeness (QED) is 0.762. The topological polar surface area (TPSA) is 46.5 Å². The maximum atomic E-state index is 13.0. The number of ether oxygens (including phenoxy) is 1. The van der Waals surface area contributed by atoms with Crippen LogP contribution in [0.25, 0.3) is 0 Å². The highest BCUT2D eigenvalue weighted by Gasteiger charge is 2.11. The van der Waals surface area contributed by atoms with Crippen LogP contribution in [0.15, 0.2) is 12.1 Å².